The Morgan fingerprint density at radius 3 is 2.70 bits per heavy atom. The summed E-state index contributed by atoms with van der Waals surface area (Å²) in [4.78, 5) is 0. The van der Waals surface area contributed by atoms with Crippen molar-refractivity contribution in [3.8, 4) is 0 Å². The van der Waals surface area contributed by atoms with Gasteiger partial charge in [-0.15, -0.1) is 0 Å². The van der Waals surface area contributed by atoms with E-state index in [1.165, 1.54) is 0 Å². The molecule has 2 aromatic rings. The standard InChI is InChI=1S/C15H22N4O/c1-3-9-19-15(14(16)11(2)18-19)17-10-13(20)12-7-5-4-6-8-12/h4-8,13,17,20H,3,9-10,16H2,1-2H3. The van der Waals surface area contributed by atoms with Crippen molar-refractivity contribution in [1.29, 1.82) is 0 Å². The van der Waals surface area contributed by atoms with E-state index >= 15 is 0 Å². The molecule has 1 aromatic carbocycles. The van der Waals surface area contributed by atoms with E-state index in [1.54, 1.807) is 0 Å². The lowest BCUT2D eigenvalue weighted by Gasteiger charge is -2.14. The number of aryl methyl sites for hydroxylation is 2. The van der Waals surface area contributed by atoms with Gasteiger partial charge < -0.3 is 16.2 Å². The number of nitrogens with one attached hydrogen (secondary N) is 1. The molecule has 1 atom stereocenters. The summed E-state index contributed by atoms with van der Waals surface area (Å²) in [6.07, 6.45) is 0.414. The van der Waals surface area contributed by atoms with Crippen molar-refractivity contribution >= 4 is 11.5 Å². The lowest BCUT2D eigenvalue weighted by molar-refractivity contribution is 0.191. The van der Waals surface area contributed by atoms with Gasteiger partial charge in [0.25, 0.3) is 0 Å². The van der Waals surface area contributed by atoms with Crippen molar-refractivity contribution in [1.82, 2.24) is 9.78 Å². The van der Waals surface area contributed by atoms with E-state index in [4.69, 9.17) is 5.73 Å². The SMILES string of the molecule is CCCn1nc(C)c(N)c1NCC(O)c1ccccc1. The summed E-state index contributed by atoms with van der Waals surface area (Å²) in [5, 5.41) is 17.8. The molecule has 0 saturated heterocycles. The van der Waals surface area contributed by atoms with Crippen LogP contribution in [0.4, 0.5) is 11.5 Å². The maximum Gasteiger partial charge on any atom is 0.148 e. The maximum absolute atomic E-state index is 10.2. The topological polar surface area (TPSA) is 76.1 Å². The van der Waals surface area contributed by atoms with E-state index in [-0.39, 0.29) is 0 Å². The second-order valence-electron chi connectivity index (χ2n) is 4.88. The summed E-state index contributed by atoms with van der Waals surface area (Å²) >= 11 is 0. The van der Waals surface area contributed by atoms with Crippen LogP contribution in [0.5, 0.6) is 0 Å². The van der Waals surface area contributed by atoms with E-state index < -0.39 is 6.10 Å². The predicted molar refractivity (Wildman–Crippen MR) is 81.6 cm³/mol. The van der Waals surface area contributed by atoms with Gasteiger partial charge in [0, 0.05) is 13.1 Å². The van der Waals surface area contributed by atoms with Crippen LogP contribution in [-0.4, -0.2) is 21.4 Å². The van der Waals surface area contributed by atoms with Crippen LogP contribution in [0.3, 0.4) is 0 Å². The Bertz CT molecular complexity index is 551. The molecule has 1 aromatic heterocycles. The van der Waals surface area contributed by atoms with Gasteiger partial charge in [-0.2, -0.15) is 5.10 Å². The molecule has 108 valence electrons. The molecule has 5 nitrogen and oxygen atoms in total. The number of aliphatic hydroxyl groups excluding tert-OH is 1. The summed E-state index contributed by atoms with van der Waals surface area (Å²) in [5.41, 5.74) is 8.38. The average molecular weight is 274 g/mol. The highest BCUT2D eigenvalue weighted by atomic mass is 16.3. The van der Waals surface area contributed by atoms with Crippen LogP contribution in [-0.2, 0) is 6.54 Å². The summed E-state index contributed by atoms with van der Waals surface area (Å²) in [6.45, 7) is 5.20. The van der Waals surface area contributed by atoms with Crippen LogP contribution < -0.4 is 11.1 Å². The largest absolute Gasteiger partial charge is 0.394 e. The summed E-state index contributed by atoms with van der Waals surface area (Å²) in [7, 11) is 0. The van der Waals surface area contributed by atoms with E-state index in [1.807, 2.05) is 41.9 Å². The van der Waals surface area contributed by atoms with Crippen molar-refractivity contribution in [2.75, 3.05) is 17.6 Å². The molecule has 20 heavy (non-hydrogen) atoms. The number of anilines is 2. The number of hydrogen-bond acceptors (Lipinski definition) is 4. The number of benzene rings is 1. The fourth-order valence-electron chi connectivity index (χ4n) is 2.14. The first-order chi connectivity index (χ1) is 9.63. The van der Waals surface area contributed by atoms with Crippen LogP contribution in [0.2, 0.25) is 0 Å². The van der Waals surface area contributed by atoms with Crippen molar-refractivity contribution in [3.63, 3.8) is 0 Å². The summed E-state index contributed by atoms with van der Waals surface area (Å²) < 4.78 is 1.86. The van der Waals surface area contributed by atoms with Gasteiger partial charge >= 0.3 is 0 Å². The Morgan fingerprint density at radius 2 is 2.05 bits per heavy atom. The minimum Gasteiger partial charge on any atom is -0.394 e. The molecule has 1 unspecified atom stereocenters. The zero-order chi connectivity index (χ0) is 14.5. The third-order valence-corrected chi connectivity index (χ3v) is 3.26. The third kappa shape index (κ3) is 3.11. The van der Waals surface area contributed by atoms with Crippen molar-refractivity contribution < 1.29 is 5.11 Å². The molecule has 0 saturated carbocycles. The number of nitrogens with zero attached hydrogens (tertiary/aromatic N) is 2. The molecule has 4 N–H and O–H groups in total. The number of rotatable bonds is 6. The Morgan fingerprint density at radius 1 is 1.35 bits per heavy atom. The molecule has 0 aliphatic heterocycles. The monoisotopic (exact) mass is 274 g/mol. The predicted octanol–water partition coefficient (Wildman–Crippen LogP) is 2.33. The van der Waals surface area contributed by atoms with E-state index in [0.29, 0.717) is 12.2 Å². The highest BCUT2D eigenvalue weighted by Gasteiger charge is 2.14. The van der Waals surface area contributed by atoms with Crippen LogP contribution in [0.1, 0.15) is 30.7 Å². The van der Waals surface area contributed by atoms with Gasteiger partial charge in [0.05, 0.1) is 17.5 Å². The number of aliphatic hydroxyl groups is 1. The molecular weight excluding hydrogens is 252 g/mol. The molecule has 0 amide bonds. The average Bonchev–Trinajstić information content (AvgIpc) is 2.73. The maximum atomic E-state index is 10.2. The molecule has 0 aliphatic rings. The van der Waals surface area contributed by atoms with E-state index in [0.717, 1.165) is 30.0 Å². The van der Waals surface area contributed by atoms with Gasteiger partial charge in [0.15, 0.2) is 0 Å². The molecule has 0 bridgehead atoms. The van der Waals surface area contributed by atoms with E-state index in [9.17, 15) is 5.11 Å². The normalized spacial score (nSPS) is 12.3. The fraction of sp³-hybridized carbons (Fsp3) is 0.400. The number of hydrogen-bond donors (Lipinski definition) is 3. The Balaban J connectivity index is 2.07. The molecule has 0 aliphatic carbocycles. The number of nitrogen functional groups attached to an aromatic ring is 1. The Kier molecular flexibility index (Phi) is 4.63. The van der Waals surface area contributed by atoms with Crippen LogP contribution in [0, 0.1) is 6.92 Å². The number of aromatic nitrogens is 2. The van der Waals surface area contributed by atoms with Crippen LogP contribution in [0.25, 0.3) is 0 Å². The Labute approximate surface area is 119 Å². The second kappa shape index (κ2) is 6.43. The molecular formula is C15H22N4O. The van der Waals surface area contributed by atoms with Crippen molar-refractivity contribution in [2.24, 2.45) is 0 Å². The first-order valence-corrected chi connectivity index (χ1v) is 6.93. The van der Waals surface area contributed by atoms with Gasteiger partial charge in [0.2, 0.25) is 0 Å². The minimum absolute atomic E-state index is 0.406. The molecule has 0 fully saturated rings. The smallest absolute Gasteiger partial charge is 0.148 e. The zero-order valence-electron chi connectivity index (χ0n) is 12.0. The fourth-order valence-corrected chi connectivity index (χ4v) is 2.14. The van der Waals surface area contributed by atoms with Gasteiger partial charge in [-0.05, 0) is 18.9 Å². The molecule has 0 radical (unpaired) electrons. The first-order valence-electron chi connectivity index (χ1n) is 6.93. The van der Waals surface area contributed by atoms with E-state index in [2.05, 4.69) is 17.3 Å². The zero-order valence-corrected chi connectivity index (χ0v) is 12.0. The lowest BCUT2D eigenvalue weighted by atomic mass is 10.1. The van der Waals surface area contributed by atoms with Gasteiger partial charge in [-0.1, -0.05) is 37.3 Å². The molecule has 1 heterocycles. The van der Waals surface area contributed by atoms with Gasteiger partial charge in [0.1, 0.15) is 5.82 Å². The highest BCUT2D eigenvalue weighted by molar-refractivity contribution is 5.64. The molecule has 2 rings (SSSR count). The quantitative estimate of drug-likeness (QED) is 0.755. The minimum atomic E-state index is -0.569. The van der Waals surface area contributed by atoms with Crippen LogP contribution >= 0.6 is 0 Å². The summed E-state index contributed by atoms with van der Waals surface area (Å²) in [6, 6.07) is 9.58. The van der Waals surface area contributed by atoms with Crippen LogP contribution in [0.15, 0.2) is 30.3 Å². The van der Waals surface area contributed by atoms with Crippen molar-refractivity contribution in [2.45, 2.75) is 32.9 Å². The lowest BCUT2D eigenvalue weighted by Crippen LogP contribution is -2.16. The second-order valence-corrected chi connectivity index (χ2v) is 4.88. The Hall–Kier alpha value is -2.01. The van der Waals surface area contributed by atoms with Crippen molar-refractivity contribution in [3.05, 3.63) is 41.6 Å². The van der Waals surface area contributed by atoms with Gasteiger partial charge in [-0.25, -0.2) is 4.68 Å². The first kappa shape index (κ1) is 14.4. The highest BCUT2D eigenvalue weighted by Crippen LogP contribution is 2.23. The molecule has 0 spiro atoms. The van der Waals surface area contributed by atoms with Gasteiger partial charge in [-0.3, -0.25) is 0 Å². The molecule has 5 heteroatoms. The number of nitrogens with two attached hydrogens (primary N) is 1. The third-order valence-electron chi connectivity index (χ3n) is 3.26. The summed E-state index contributed by atoms with van der Waals surface area (Å²) in [5.74, 6) is 0.791.